The molecule has 3 N–H and O–H groups in total. The van der Waals surface area contributed by atoms with E-state index in [1.54, 1.807) is 6.20 Å². The van der Waals surface area contributed by atoms with Gasteiger partial charge in [-0.05, 0) is 37.5 Å². The molecule has 1 heterocycles. The zero-order chi connectivity index (χ0) is 13.7. The van der Waals surface area contributed by atoms with Gasteiger partial charge in [-0.3, -0.25) is 0 Å². The molecule has 0 saturated carbocycles. The van der Waals surface area contributed by atoms with Crippen molar-refractivity contribution in [1.29, 1.82) is 0 Å². The van der Waals surface area contributed by atoms with E-state index in [9.17, 15) is 0 Å². The number of nitrogens with one attached hydrogen (secondary N) is 1. The minimum absolute atomic E-state index is 0.285. The van der Waals surface area contributed by atoms with Gasteiger partial charge >= 0.3 is 0 Å². The minimum Gasteiger partial charge on any atom is -0.368 e. The second-order valence-corrected chi connectivity index (χ2v) is 4.69. The Morgan fingerprint density at radius 2 is 1.95 bits per heavy atom. The van der Waals surface area contributed by atoms with Gasteiger partial charge in [0.25, 0.3) is 0 Å². The fourth-order valence-corrected chi connectivity index (χ4v) is 1.85. The first-order valence-corrected chi connectivity index (χ1v) is 6.64. The van der Waals surface area contributed by atoms with Gasteiger partial charge in [0.1, 0.15) is 5.82 Å². The molecule has 19 heavy (non-hydrogen) atoms. The van der Waals surface area contributed by atoms with Crippen LogP contribution in [0.3, 0.4) is 0 Å². The van der Waals surface area contributed by atoms with E-state index < -0.39 is 0 Å². The van der Waals surface area contributed by atoms with Crippen molar-refractivity contribution >= 4 is 17.5 Å². The van der Waals surface area contributed by atoms with Gasteiger partial charge in [-0.1, -0.05) is 25.5 Å². The van der Waals surface area contributed by atoms with Crippen LogP contribution in [-0.2, 0) is 6.42 Å². The number of nitrogen functional groups attached to an aromatic ring is 1. The van der Waals surface area contributed by atoms with Crippen molar-refractivity contribution < 1.29 is 0 Å². The van der Waals surface area contributed by atoms with Gasteiger partial charge in [-0.15, -0.1) is 0 Å². The van der Waals surface area contributed by atoms with Gasteiger partial charge < -0.3 is 11.1 Å². The van der Waals surface area contributed by atoms with Gasteiger partial charge in [0.05, 0.1) is 0 Å². The Morgan fingerprint density at radius 1 is 1.21 bits per heavy atom. The maximum atomic E-state index is 5.60. The highest BCUT2D eigenvalue weighted by molar-refractivity contribution is 5.59. The maximum Gasteiger partial charge on any atom is 0.221 e. The Balaban J connectivity index is 2.08. The number of unbranched alkanes of at least 4 members (excludes halogenated alkanes) is 1. The minimum atomic E-state index is 0.285. The normalized spacial score (nSPS) is 10.4. The number of aryl methyl sites for hydroxylation is 2. The molecular weight excluding hydrogens is 236 g/mol. The van der Waals surface area contributed by atoms with Crippen LogP contribution in [0.25, 0.3) is 0 Å². The molecule has 0 saturated heterocycles. The lowest BCUT2D eigenvalue weighted by molar-refractivity contribution is 0.795. The molecule has 2 rings (SSSR count). The molecule has 0 aliphatic heterocycles. The van der Waals surface area contributed by atoms with Crippen LogP contribution >= 0.6 is 0 Å². The third-order valence-corrected chi connectivity index (χ3v) is 3.03. The van der Waals surface area contributed by atoms with Crippen LogP contribution in [0.4, 0.5) is 17.5 Å². The Kier molecular flexibility index (Phi) is 4.34. The van der Waals surface area contributed by atoms with Crippen molar-refractivity contribution in [1.82, 2.24) is 9.97 Å². The molecule has 4 heteroatoms. The third-order valence-electron chi connectivity index (χ3n) is 3.03. The van der Waals surface area contributed by atoms with E-state index in [-0.39, 0.29) is 5.95 Å². The Hall–Kier alpha value is -2.10. The number of rotatable bonds is 5. The quantitative estimate of drug-likeness (QED) is 0.860. The van der Waals surface area contributed by atoms with Gasteiger partial charge in [0.15, 0.2) is 0 Å². The molecule has 0 bridgehead atoms. The molecule has 0 amide bonds. The summed E-state index contributed by atoms with van der Waals surface area (Å²) >= 11 is 0. The molecule has 0 radical (unpaired) electrons. The van der Waals surface area contributed by atoms with Crippen molar-refractivity contribution in [2.45, 2.75) is 33.1 Å². The van der Waals surface area contributed by atoms with Crippen LogP contribution in [0, 0.1) is 6.92 Å². The number of anilines is 3. The molecule has 4 nitrogen and oxygen atoms in total. The van der Waals surface area contributed by atoms with Crippen LogP contribution in [0.1, 0.15) is 30.9 Å². The summed E-state index contributed by atoms with van der Waals surface area (Å²) in [6.07, 6.45) is 5.31. The average molecular weight is 256 g/mol. The lowest BCUT2D eigenvalue weighted by Gasteiger charge is -2.09. The first-order chi connectivity index (χ1) is 9.19. The first-order valence-electron chi connectivity index (χ1n) is 6.64. The van der Waals surface area contributed by atoms with E-state index in [1.807, 2.05) is 6.92 Å². The summed E-state index contributed by atoms with van der Waals surface area (Å²) < 4.78 is 0. The molecule has 1 aromatic heterocycles. The molecule has 0 aliphatic carbocycles. The number of hydrogen-bond acceptors (Lipinski definition) is 4. The molecule has 0 unspecified atom stereocenters. The van der Waals surface area contributed by atoms with Crippen LogP contribution in [0.2, 0.25) is 0 Å². The predicted molar refractivity (Wildman–Crippen MR) is 79.5 cm³/mol. The van der Waals surface area contributed by atoms with Gasteiger partial charge in [0, 0.05) is 17.4 Å². The first kappa shape index (κ1) is 13.3. The highest BCUT2D eigenvalue weighted by atomic mass is 15.1. The summed E-state index contributed by atoms with van der Waals surface area (Å²) in [5, 5.41) is 3.27. The Labute approximate surface area is 114 Å². The lowest BCUT2D eigenvalue weighted by Crippen LogP contribution is -2.01. The number of nitrogens with two attached hydrogens (primary N) is 1. The smallest absolute Gasteiger partial charge is 0.221 e. The van der Waals surface area contributed by atoms with E-state index in [4.69, 9.17) is 5.73 Å². The molecule has 1 aromatic carbocycles. The molecular formula is C15H20N4. The highest BCUT2D eigenvalue weighted by Gasteiger charge is 2.02. The monoisotopic (exact) mass is 256 g/mol. The topological polar surface area (TPSA) is 63.8 Å². The predicted octanol–water partition coefficient (Wildman–Crippen LogP) is 3.45. The van der Waals surface area contributed by atoms with Gasteiger partial charge in [0.2, 0.25) is 5.95 Å². The summed E-state index contributed by atoms with van der Waals surface area (Å²) in [5.74, 6) is 1.04. The summed E-state index contributed by atoms with van der Waals surface area (Å²) in [6.45, 7) is 4.16. The number of aromatic nitrogens is 2. The van der Waals surface area contributed by atoms with Gasteiger partial charge in [-0.2, -0.15) is 4.98 Å². The number of nitrogens with zero attached hydrogens (tertiary/aromatic N) is 2. The van der Waals surface area contributed by atoms with Crippen LogP contribution in [0.5, 0.6) is 0 Å². The van der Waals surface area contributed by atoms with E-state index in [0.717, 1.165) is 23.5 Å². The van der Waals surface area contributed by atoms with Crippen LogP contribution in [0.15, 0.2) is 30.5 Å². The summed E-state index contributed by atoms with van der Waals surface area (Å²) in [6, 6.07) is 8.45. The van der Waals surface area contributed by atoms with E-state index in [0.29, 0.717) is 0 Å². The third kappa shape index (κ3) is 3.68. The van der Waals surface area contributed by atoms with E-state index in [1.165, 1.54) is 18.4 Å². The largest absolute Gasteiger partial charge is 0.368 e. The fourth-order valence-electron chi connectivity index (χ4n) is 1.85. The van der Waals surface area contributed by atoms with E-state index in [2.05, 4.69) is 46.5 Å². The van der Waals surface area contributed by atoms with Crippen molar-refractivity contribution in [3.8, 4) is 0 Å². The molecule has 0 atom stereocenters. The Morgan fingerprint density at radius 3 is 2.63 bits per heavy atom. The summed E-state index contributed by atoms with van der Waals surface area (Å²) in [7, 11) is 0. The average Bonchev–Trinajstić information content (AvgIpc) is 2.42. The highest BCUT2D eigenvalue weighted by Crippen LogP contribution is 2.19. The summed E-state index contributed by atoms with van der Waals surface area (Å²) in [5.41, 5.74) is 8.96. The molecule has 0 fully saturated rings. The standard InChI is InChI=1S/C15H20N4/c1-3-4-5-12-6-8-13(9-7-12)18-14-11(2)10-17-15(16)19-14/h6-10H,3-5H2,1-2H3,(H3,16,17,18,19). The maximum absolute atomic E-state index is 5.60. The lowest BCUT2D eigenvalue weighted by atomic mass is 10.1. The molecule has 0 aliphatic rings. The number of hydrogen-bond donors (Lipinski definition) is 2. The van der Waals surface area contributed by atoms with Crippen molar-refractivity contribution in [3.63, 3.8) is 0 Å². The second kappa shape index (κ2) is 6.18. The molecule has 100 valence electrons. The van der Waals surface area contributed by atoms with Crippen LogP contribution < -0.4 is 11.1 Å². The number of benzene rings is 1. The SMILES string of the molecule is CCCCc1ccc(Nc2nc(N)ncc2C)cc1. The zero-order valence-corrected chi connectivity index (χ0v) is 11.5. The zero-order valence-electron chi connectivity index (χ0n) is 11.5. The van der Waals surface area contributed by atoms with E-state index >= 15 is 0 Å². The molecule has 2 aromatic rings. The van der Waals surface area contributed by atoms with Crippen molar-refractivity contribution in [3.05, 3.63) is 41.6 Å². The van der Waals surface area contributed by atoms with Crippen molar-refractivity contribution in [2.75, 3.05) is 11.1 Å². The second-order valence-electron chi connectivity index (χ2n) is 4.69. The van der Waals surface area contributed by atoms with Gasteiger partial charge in [-0.25, -0.2) is 4.98 Å². The summed E-state index contributed by atoms with van der Waals surface area (Å²) in [4.78, 5) is 8.15. The fraction of sp³-hybridized carbons (Fsp3) is 0.333. The van der Waals surface area contributed by atoms with Crippen molar-refractivity contribution in [2.24, 2.45) is 0 Å². The Bertz CT molecular complexity index is 534. The van der Waals surface area contributed by atoms with Crippen LogP contribution in [-0.4, -0.2) is 9.97 Å². The molecule has 0 spiro atoms.